The number of phenols is 1. The van der Waals surface area contributed by atoms with Gasteiger partial charge in [-0.1, -0.05) is 6.07 Å². The molecule has 0 saturated heterocycles. The van der Waals surface area contributed by atoms with Crippen LogP contribution in [0.25, 0.3) is 0 Å². The molecule has 0 bridgehead atoms. The molecule has 5 nitrogen and oxygen atoms in total. The van der Waals surface area contributed by atoms with E-state index in [-0.39, 0.29) is 11.5 Å². The number of aromatic hydroxyl groups is 1. The van der Waals surface area contributed by atoms with Gasteiger partial charge in [-0.05, 0) is 25.1 Å². The van der Waals surface area contributed by atoms with Crippen molar-refractivity contribution in [2.45, 2.75) is 6.42 Å². The molecular weight excluding hydrogens is 228 g/mol. The fraction of sp³-hybridized carbons (Fsp3) is 0.400. The molecule has 6 heteroatoms. The van der Waals surface area contributed by atoms with E-state index < -0.39 is 10.0 Å². The Balaban J connectivity index is 2.89. The van der Waals surface area contributed by atoms with Gasteiger partial charge in [0.1, 0.15) is 5.75 Å². The lowest BCUT2D eigenvalue weighted by Crippen LogP contribution is -2.29. The number of rotatable bonds is 5. The first-order chi connectivity index (χ1) is 7.47. The lowest BCUT2D eigenvalue weighted by molar-refractivity contribution is 0.475. The van der Waals surface area contributed by atoms with E-state index in [4.69, 9.17) is 5.73 Å². The zero-order chi connectivity index (χ0) is 12.2. The summed E-state index contributed by atoms with van der Waals surface area (Å²) in [5, 5.41) is 9.26. The molecule has 3 N–H and O–H groups in total. The maximum atomic E-state index is 11.8. The molecule has 0 spiro atoms. The van der Waals surface area contributed by atoms with Crippen LogP contribution in [-0.4, -0.2) is 32.9 Å². The molecule has 0 amide bonds. The van der Waals surface area contributed by atoms with Gasteiger partial charge in [0, 0.05) is 13.1 Å². The topological polar surface area (TPSA) is 83.6 Å². The van der Waals surface area contributed by atoms with E-state index in [2.05, 4.69) is 0 Å². The van der Waals surface area contributed by atoms with Gasteiger partial charge in [0.25, 0.3) is 0 Å². The van der Waals surface area contributed by atoms with Gasteiger partial charge < -0.3 is 10.8 Å². The Labute approximate surface area is 95.5 Å². The standard InChI is InChI=1S/C10H16N2O3S/c1-12(16(14,15)7-3-6-11)9-4-2-5-10(13)8-9/h2,4-5,8,13H,3,6-7,11H2,1H3. The van der Waals surface area contributed by atoms with E-state index in [0.717, 1.165) is 4.31 Å². The Morgan fingerprint density at radius 2 is 2.12 bits per heavy atom. The molecule has 0 unspecified atom stereocenters. The van der Waals surface area contributed by atoms with Gasteiger partial charge in [0.05, 0.1) is 11.4 Å². The maximum absolute atomic E-state index is 11.8. The average Bonchev–Trinajstić information content (AvgIpc) is 2.25. The predicted molar refractivity (Wildman–Crippen MR) is 64.0 cm³/mol. The van der Waals surface area contributed by atoms with Crippen LogP contribution in [0.15, 0.2) is 24.3 Å². The Bertz CT molecular complexity index is 445. The fourth-order valence-corrected chi connectivity index (χ4v) is 2.49. The summed E-state index contributed by atoms with van der Waals surface area (Å²) in [7, 11) is -1.89. The summed E-state index contributed by atoms with van der Waals surface area (Å²) in [5.74, 6) is 0.0497. The molecule has 1 rings (SSSR count). The highest BCUT2D eigenvalue weighted by Gasteiger charge is 2.17. The summed E-state index contributed by atoms with van der Waals surface area (Å²) < 4.78 is 24.7. The van der Waals surface area contributed by atoms with Crippen molar-refractivity contribution < 1.29 is 13.5 Å². The summed E-state index contributed by atoms with van der Waals surface area (Å²) in [5.41, 5.74) is 5.72. The lowest BCUT2D eigenvalue weighted by atomic mass is 10.3. The minimum atomic E-state index is -3.35. The van der Waals surface area contributed by atoms with Gasteiger partial charge in [0.15, 0.2) is 0 Å². The molecule has 0 radical (unpaired) electrons. The Hall–Kier alpha value is -1.27. The smallest absolute Gasteiger partial charge is 0.234 e. The molecule has 0 aliphatic rings. The number of sulfonamides is 1. The first-order valence-electron chi connectivity index (χ1n) is 4.93. The molecule has 0 fully saturated rings. The van der Waals surface area contributed by atoms with Gasteiger partial charge in [-0.25, -0.2) is 8.42 Å². The number of nitrogens with zero attached hydrogens (tertiary/aromatic N) is 1. The van der Waals surface area contributed by atoms with Crippen molar-refractivity contribution in [1.82, 2.24) is 0 Å². The third kappa shape index (κ3) is 3.11. The van der Waals surface area contributed by atoms with Crippen molar-refractivity contribution in [2.75, 3.05) is 23.7 Å². The van der Waals surface area contributed by atoms with E-state index in [1.807, 2.05) is 0 Å². The molecule has 0 saturated carbocycles. The van der Waals surface area contributed by atoms with Crippen LogP contribution in [0.1, 0.15) is 6.42 Å². The van der Waals surface area contributed by atoms with Gasteiger partial charge >= 0.3 is 0 Å². The number of phenolic OH excluding ortho intramolecular Hbond substituents is 1. The van der Waals surface area contributed by atoms with Gasteiger partial charge in [-0.3, -0.25) is 4.31 Å². The second kappa shape index (κ2) is 5.18. The van der Waals surface area contributed by atoms with Gasteiger partial charge in [0.2, 0.25) is 10.0 Å². The van der Waals surface area contributed by atoms with Crippen LogP contribution in [0.5, 0.6) is 5.75 Å². The molecule has 0 aromatic heterocycles. The number of nitrogens with two attached hydrogens (primary N) is 1. The van der Waals surface area contributed by atoms with Crippen LogP contribution in [-0.2, 0) is 10.0 Å². The summed E-state index contributed by atoms with van der Waals surface area (Å²) >= 11 is 0. The van der Waals surface area contributed by atoms with Crippen LogP contribution >= 0.6 is 0 Å². The Morgan fingerprint density at radius 1 is 1.44 bits per heavy atom. The molecule has 1 aromatic carbocycles. The molecular formula is C10H16N2O3S. The van der Waals surface area contributed by atoms with Crippen molar-refractivity contribution in [3.05, 3.63) is 24.3 Å². The highest BCUT2D eigenvalue weighted by atomic mass is 32.2. The monoisotopic (exact) mass is 244 g/mol. The minimum absolute atomic E-state index is 0.00958. The molecule has 0 heterocycles. The van der Waals surface area contributed by atoms with Crippen molar-refractivity contribution in [1.29, 1.82) is 0 Å². The highest BCUT2D eigenvalue weighted by Crippen LogP contribution is 2.21. The third-order valence-electron chi connectivity index (χ3n) is 2.22. The fourth-order valence-electron chi connectivity index (χ4n) is 1.25. The second-order valence-electron chi connectivity index (χ2n) is 3.45. The summed E-state index contributed by atoms with van der Waals surface area (Å²) in [6.07, 6.45) is 0.422. The quantitative estimate of drug-likeness (QED) is 0.790. The predicted octanol–water partition coefficient (Wildman–Crippen LogP) is 0.507. The summed E-state index contributed by atoms with van der Waals surface area (Å²) in [6.45, 7) is 0.340. The first-order valence-corrected chi connectivity index (χ1v) is 6.54. The van der Waals surface area contributed by atoms with Crippen molar-refractivity contribution in [3.8, 4) is 5.75 Å². The van der Waals surface area contributed by atoms with Crippen LogP contribution in [0.3, 0.4) is 0 Å². The van der Waals surface area contributed by atoms with Gasteiger partial charge in [-0.15, -0.1) is 0 Å². The third-order valence-corrected chi connectivity index (χ3v) is 4.07. The second-order valence-corrected chi connectivity index (χ2v) is 5.57. The first kappa shape index (κ1) is 12.8. The molecule has 0 aliphatic heterocycles. The Kier molecular flexibility index (Phi) is 4.14. The van der Waals surface area contributed by atoms with Crippen molar-refractivity contribution in [2.24, 2.45) is 5.73 Å². The largest absolute Gasteiger partial charge is 0.508 e. The van der Waals surface area contributed by atoms with Crippen LogP contribution in [0, 0.1) is 0 Å². The van der Waals surface area contributed by atoms with Crippen molar-refractivity contribution >= 4 is 15.7 Å². The van der Waals surface area contributed by atoms with Gasteiger partial charge in [-0.2, -0.15) is 0 Å². The number of hydrogen-bond donors (Lipinski definition) is 2. The molecule has 16 heavy (non-hydrogen) atoms. The van der Waals surface area contributed by atoms with E-state index in [0.29, 0.717) is 18.7 Å². The van der Waals surface area contributed by atoms with E-state index in [9.17, 15) is 13.5 Å². The summed E-state index contributed by atoms with van der Waals surface area (Å²) in [4.78, 5) is 0. The molecule has 1 aromatic rings. The minimum Gasteiger partial charge on any atom is -0.508 e. The zero-order valence-corrected chi connectivity index (χ0v) is 9.94. The van der Waals surface area contributed by atoms with E-state index in [1.165, 1.54) is 19.2 Å². The van der Waals surface area contributed by atoms with Crippen LogP contribution < -0.4 is 10.0 Å². The normalized spacial score (nSPS) is 11.4. The van der Waals surface area contributed by atoms with Crippen molar-refractivity contribution in [3.63, 3.8) is 0 Å². The summed E-state index contributed by atoms with van der Waals surface area (Å²) in [6, 6.07) is 6.11. The number of benzene rings is 1. The van der Waals surface area contributed by atoms with Crippen LogP contribution in [0.2, 0.25) is 0 Å². The van der Waals surface area contributed by atoms with E-state index >= 15 is 0 Å². The lowest BCUT2D eigenvalue weighted by Gasteiger charge is -2.19. The molecule has 0 aliphatic carbocycles. The number of hydrogen-bond acceptors (Lipinski definition) is 4. The molecule has 90 valence electrons. The Morgan fingerprint density at radius 3 is 2.69 bits per heavy atom. The molecule has 0 atom stereocenters. The van der Waals surface area contributed by atoms with E-state index in [1.54, 1.807) is 12.1 Å². The SMILES string of the molecule is CN(c1cccc(O)c1)S(=O)(=O)CCCN. The average molecular weight is 244 g/mol. The maximum Gasteiger partial charge on any atom is 0.234 e. The van der Waals surface area contributed by atoms with Crippen LogP contribution in [0.4, 0.5) is 5.69 Å². The number of anilines is 1. The highest BCUT2D eigenvalue weighted by molar-refractivity contribution is 7.92. The zero-order valence-electron chi connectivity index (χ0n) is 9.13.